The van der Waals surface area contributed by atoms with Crippen molar-refractivity contribution in [2.75, 3.05) is 5.88 Å². The first-order valence-electron chi connectivity index (χ1n) is 3.56. The monoisotopic (exact) mass is 181 g/mol. The summed E-state index contributed by atoms with van der Waals surface area (Å²) in [5.74, 6) is 6.02. The summed E-state index contributed by atoms with van der Waals surface area (Å²) in [6, 6.07) is 1.45. The van der Waals surface area contributed by atoms with Gasteiger partial charge in [-0.25, -0.2) is 0 Å². The first kappa shape index (κ1) is 8.89. The van der Waals surface area contributed by atoms with Gasteiger partial charge in [-0.2, -0.15) is 0 Å². The molecular formula is C9H8ClNO. The van der Waals surface area contributed by atoms with Crippen LogP contribution in [0.4, 0.5) is 0 Å². The predicted molar refractivity (Wildman–Crippen MR) is 49.3 cm³/mol. The van der Waals surface area contributed by atoms with Gasteiger partial charge in [-0.1, -0.05) is 11.8 Å². The maximum absolute atomic E-state index is 11.1. The lowest BCUT2D eigenvalue weighted by Crippen LogP contribution is -2.02. The second-order valence-corrected chi connectivity index (χ2v) is 2.54. The van der Waals surface area contributed by atoms with Crippen molar-refractivity contribution in [3.05, 3.63) is 34.2 Å². The van der Waals surface area contributed by atoms with E-state index in [-0.39, 0.29) is 5.43 Å². The van der Waals surface area contributed by atoms with Crippen molar-refractivity contribution < 1.29 is 0 Å². The van der Waals surface area contributed by atoms with Gasteiger partial charge in [0.2, 0.25) is 0 Å². The molecular weight excluding hydrogens is 174 g/mol. The topological polar surface area (TPSA) is 32.9 Å². The quantitative estimate of drug-likeness (QED) is 0.515. The molecule has 1 rings (SSSR count). The Morgan fingerprint density at radius 1 is 1.58 bits per heavy atom. The number of rotatable bonds is 1. The van der Waals surface area contributed by atoms with Crippen LogP contribution in [0.5, 0.6) is 0 Å². The summed E-state index contributed by atoms with van der Waals surface area (Å²) >= 11 is 5.42. The Balaban J connectivity index is 2.85. The lowest BCUT2D eigenvalue weighted by molar-refractivity contribution is 1.27. The molecule has 0 radical (unpaired) electrons. The van der Waals surface area contributed by atoms with Crippen molar-refractivity contribution in [3.63, 3.8) is 0 Å². The standard InChI is InChI=1S/C9H8ClNO/c10-5-2-1-3-8-7-11-6-4-9(8)12/h4,6-7H,2,5H2,(H,11,12). The highest BCUT2D eigenvalue weighted by Crippen LogP contribution is 1.85. The zero-order chi connectivity index (χ0) is 8.81. The number of aromatic amines is 1. The summed E-state index contributed by atoms with van der Waals surface area (Å²) < 4.78 is 0. The highest BCUT2D eigenvalue weighted by Gasteiger charge is 1.89. The molecule has 0 spiro atoms. The molecule has 0 aliphatic carbocycles. The summed E-state index contributed by atoms with van der Waals surface area (Å²) in [5.41, 5.74) is 0.429. The average Bonchev–Trinajstić information content (AvgIpc) is 2.09. The van der Waals surface area contributed by atoms with Gasteiger partial charge in [0.25, 0.3) is 0 Å². The second-order valence-electron chi connectivity index (χ2n) is 2.16. The van der Waals surface area contributed by atoms with Gasteiger partial charge in [0, 0.05) is 30.8 Å². The fourth-order valence-electron chi connectivity index (χ4n) is 0.719. The van der Waals surface area contributed by atoms with Crippen LogP contribution in [0.2, 0.25) is 0 Å². The molecule has 0 unspecified atom stereocenters. The van der Waals surface area contributed by atoms with Gasteiger partial charge in [0.05, 0.1) is 5.56 Å². The Hall–Kier alpha value is -1.20. The van der Waals surface area contributed by atoms with E-state index in [1.54, 1.807) is 12.4 Å². The molecule has 0 atom stereocenters. The largest absolute Gasteiger partial charge is 0.366 e. The van der Waals surface area contributed by atoms with E-state index in [9.17, 15) is 4.79 Å². The zero-order valence-corrected chi connectivity index (χ0v) is 7.19. The third kappa shape index (κ3) is 2.44. The normalized spacial score (nSPS) is 8.75. The van der Waals surface area contributed by atoms with Gasteiger partial charge in [0.15, 0.2) is 5.43 Å². The average molecular weight is 182 g/mol. The molecule has 0 fully saturated rings. The van der Waals surface area contributed by atoms with E-state index in [1.165, 1.54) is 6.07 Å². The Kier molecular flexibility index (Phi) is 3.43. The highest BCUT2D eigenvalue weighted by molar-refractivity contribution is 6.18. The van der Waals surface area contributed by atoms with E-state index in [4.69, 9.17) is 11.6 Å². The molecule has 1 heterocycles. The number of aromatic nitrogens is 1. The first-order chi connectivity index (χ1) is 5.84. The van der Waals surface area contributed by atoms with Crippen LogP contribution in [0.15, 0.2) is 23.3 Å². The van der Waals surface area contributed by atoms with E-state index in [1.807, 2.05) is 0 Å². The molecule has 0 bridgehead atoms. The van der Waals surface area contributed by atoms with Crippen molar-refractivity contribution in [2.24, 2.45) is 0 Å². The summed E-state index contributed by atoms with van der Waals surface area (Å²) in [4.78, 5) is 13.9. The Morgan fingerprint density at radius 2 is 2.42 bits per heavy atom. The molecule has 0 aliphatic rings. The van der Waals surface area contributed by atoms with Crippen LogP contribution in [0, 0.1) is 11.8 Å². The number of hydrogen-bond donors (Lipinski definition) is 1. The van der Waals surface area contributed by atoms with Crippen LogP contribution in [0.25, 0.3) is 0 Å². The van der Waals surface area contributed by atoms with Gasteiger partial charge in [0.1, 0.15) is 0 Å². The van der Waals surface area contributed by atoms with E-state index in [0.29, 0.717) is 17.9 Å². The number of alkyl halides is 1. The number of halogens is 1. The van der Waals surface area contributed by atoms with Gasteiger partial charge in [-0.3, -0.25) is 4.79 Å². The van der Waals surface area contributed by atoms with Crippen LogP contribution in [-0.2, 0) is 0 Å². The summed E-state index contributed by atoms with van der Waals surface area (Å²) in [6.07, 6.45) is 3.77. The maximum Gasteiger partial charge on any atom is 0.197 e. The molecule has 2 nitrogen and oxygen atoms in total. The number of H-pyrrole nitrogens is 1. The minimum absolute atomic E-state index is 0.0594. The van der Waals surface area contributed by atoms with Gasteiger partial charge >= 0.3 is 0 Å². The van der Waals surface area contributed by atoms with Crippen molar-refractivity contribution in [1.82, 2.24) is 4.98 Å². The van der Waals surface area contributed by atoms with Gasteiger partial charge in [-0.15, -0.1) is 11.6 Å². The molecule has 0 amide bonds. The van der Waals surface area contributed by atoms with E-state index in [0.717, 1.165) is 0 Å². The van der Waals surface area contributed by atoms with Crippen LogP contribution < -0.4 is 5.43 Å². The first-order valence-corrected chi connectivity index (χ1v) is 4.10. The number of nitrogens with one attached hydrogen (secondary N) is 1. The summed E-state index contributed by atoms with van der Waals surface area (Å²) in [7, 11) is 0. The predicted octanol–water partition coefficient (Wildman–Crippen LogP) is 1.36. The third-order valence-corrected chi connectivity index (χ3v) is 1.46. The van der Waals surface area contributed by atoms with E-state index in [2.05, 4.69) is 16.8 Å². The molecule has 1 aromatic rings. The highest BCUT2D eigenvalue weighted by atomic mass is 35.5. The smallest absolute Gasteiger partial charge is 0.197 e. The lowest BCUT2D eigenvalue weighted by atomic mass is 10.3. The Labute approximate surface area is 75.6 Å². The van der Waals surface area contributed by atoms with Crippen LogP contribution >= 0.6 is 11.6 Å². The van der Waals surface area contributed by atoms with Crippen molar-refractivity contribution >= 4 is 11.6 Å². The lowest BCUT2D eigenvalue weighted by Gasteiger charge is -1.85. The maximum atomic E-state index is 11.1. The molecule has 62 valence electrons. The molecule has 1 N–H and O–H groups in total. The van der Waals surface area contributed by atoms with Crippen molar-refractivity contribution in [3.8, 4) is 11.8 Å². The van der Waals surface area contributed by atoms with Crippen LogP contribution in [0.1, 0.15) is 12.0 Å². The summed E-state index contributed by atoms with van der Waals surface area (Å²) in [6.45, 7) is 0. The molecule has 3 heteroatoms. The van der Waals surface area contributed by atoms with Crippen LogP contribution in [-0.4, -0.2) is 10.9 Å². The molecule has 0 aliphatic heterocycles. The Morgan fingerprint density at radius 3 is 3.08 bits per heavy atom. The van der Waals surface area contributed by atoms with Gasteiger partial charge in [-0.05, 0) is 0 Å². The number of hydrogen-bond acceptors (Lipinski definition) is 1. The van der Waals surface area contributed by atoms with E-state index >= 15 is 0 Å². The van der Waals surface area contributed by atoms with Crippen LogP contribution in [0.3, 0.4) is 0 Å². The molecule has 0 saturated carbocycles. The Bertz CT molecular complexity index is 359. The SMILES string of the molecule is O=c1cc[nH]cc1C#CCCCl. The second kappa shape index (κ2) is 4.63. The molecule has 12 heavy (non-hydrogen) atoms. The van der Waals surface area contributed by atoms with Crippen molar-refractivity contribution in [2.45, 2.75) is 6.42 Å². The minimum atomic E-state index is -0.0594. The summed E-state index contributed by atoms with van der Waals surface area (Å²) in [5, 5.41) is 0. The third-order valence-electron chi connectivity index (χ3n) is 1.27. The van der Waals surface area contributed by atoms with E-state index < -0.39 is 0 Å². The minimum Gasteiger partial charge on any atom is -0.366 e. The zero-order valence-electron chi connectivity index (χ0n) is 6.43. The van der Waals surface area contributed by atoms with Crippen molar-refractivity contribution in [1.29, 1.82) is 0 Å². The fourth-order valence-corrected chi connectivity index (χ4v) is 0.813. The fraction of sp³-hybridized carbons (Fsp3) is 0.222. The van der Waals surface area contributed by atoms with Gasteiger partial charge < -0.3 is 4.98 Å². The molecule has 0 aromatic carbocycles. The molecule has 1 aromatic heterocycles. The molecule has 0 saturated heterocycles. The number of pyridine rings is 1.